The third-order valence-electron chi connectivity index (χ3n) is 1.63. The molecule has 0 fully saturated rings. The van der Waals surface area contributed by atoms with Crippen LogP contribution in [0.15, 0.2) is 0 Å². The van der Waals surface area contributed by atoms with Gasteiger partial charge in [-0.15, -0.1) is 0 Å². The van der Waals surface area contributed by atoms with E-state index in [1.54, 1.807) is 0 Å². The van der Waals surface area contributed by atoms with Crippen molar-refractivity contribution in [2.24, 2.45) is 0 Å². The van der Waals surface area contributed by atoms with Crippen molar-refractivity contribution in [1.82, 2.24) is 0 Å². The molecule has 13 heavy (non-hydrogen) atoms. The standard InChI is InChI=1S/C11H24O2/c1-6-8-12-9-10(7-2)13-11(3,4)5/h10H,6-9H2,1-5H3. The molecule has 0 aliphatic rings. The van der Waals surface area contributed by atoms with Crippen molar-refractivity contribution in [3.8, 4) is 0 Å². The molecule has 0 heterocycles. The zero-order valence-electron chi connectivity index (χ0n) is 9.72. The van der Waals surface area contributed by atoms with Gasteiger partial charge in [0.25, 0.3) is 0 Å². The van der Waals surface area contributed by atoms with E-state index < -0.39 is 0 Å². The van der Waals surface area contributed by atoms with Crippen molar-refractivity contribution in [1.29, 1.82) is 0 Å². The summed E-state index contributed by atoms with van der Waals surface area (Å²) in [6.07, 6.45) is 2.33. The van der Waals surface area contributed by atoms with Crippen molar-refractivity contribution < 1.29 is 9.47 Å². The lowest BCUT2D eigenvalue weighted by atomic mass is 10.1. The highest BCUT2D eigenvalue weighted by molar-refractivity contribution is 4.64. The van der Waals surface area contributed by atoms with E-state index in [-0.39, 0.29) is 11.7 Å². The Kier molecular flexibility index (Phi) is 6.35. The Morgan fingerprint density at radius 1 is 1.15 bits per heavy atom. The van der Waals surface area contributed by atoms with Gasteiger partial charge in [-0.25, -0.2) is 0 Å². The van der Waals surface area contributed by atoms with Crippen LogP contribution in [0.1, 0.15) is 47.5 Å². The van der Waals surface area contributed by atoms with Gasteiger partial charge in [0.2, 0.25) is 0 Å². The average Bonchev–Trinajstić information content (AvgIpc) is 2.01. The number of hydrogen-bond acceptors (Lipinski definition) is 2. The van der Waals surface area contributed by atoms with E-state index in [2.05, 4.69) is 34.6 Å². The fraction of sp³-hybridized carbons (Fsp3) is 1.00. The monoisotopic (exact) mass is 188 g/mol. The maximum absolute atomic E-state index is 5.81. The summed E-state index contributed by atoms with van der Waals surface area (Å²) in [6.45, 7) is 12.0. The lowest BCUT2D eigenvalue weighted by Crippen LogP contribution is -2.30. The molecule has 2 heteroatoms. The fourth-order valence-electron chi connectivity index (χ4n) is 1.09. The quantitative estimate of drug-likeness (QED) is 0.597. The van der Waals surface area contributed by atoms with Gasteiger partial charge in [-0.2, -0.15) is 0 Å². The Morgan fingerprint density at radius 2 is 1.77 bits per heavy atom. The molecule has 2 nitrogen and oxygen atoms in total. The lowest BCUT2D eigenvalue weighted by molar-refractivity contribution is -0.0933. The highest BCUT2D eigenvalue weighted by atomic mass is 16.5. The van der Waals surface area contributed by atoms with Crippen LogP contribution in [0.4, 0.5) is 0 Å². The Bertz CT molecular complexity index is 116. The molecular formula is C11H24O2. The summed E-state index contributed by atoms with van der Waals surface area (Å²) in [4.78, 5) is 0. The van der Waals surface area contributed by atoms with Gasteiger partial charge in [0.1, 0.15) is 0 Å². The molecule has 80 valence electrons. The molecule has 0 bridgehead atoms. The Hall–Kier alpha value is -0.0800. The summed E-state index contributed by atoms with van der Waals surface area (Å²) in [5.41, 5.74) is -0.0593. The Morgan fingerprint density at radius 3 is 2.15 bits per heavy atom. The summed E-state index contributed by atoms with van der Waals surface area (Å²) in [7, 11) is 0. The van der Waals surface area contributed by atoms with Crippen molar-refractivity contribution in [3.63, 3.8) is 0 Å². The van der Waals surface area contributed by atoms with Crippen molar-refractivity contribution in [2.45, 2.75) is 59.2 Å². The van der Waals surface area contributed by atoms with Gasteiger partial charge < -0.3 is 9.47 Å². The molecule has 0 spiro atoms. The van der Waals surface area contributed by atoms with Crippen LogP contribution in [-0.4, -0.2) is 24.9 Å². The van der Waals surface area contributed by atoms with E-state index in [4.69, 9.17) is 9.47 Å². The van der Waals surface area contributed by atoms with Crippen LogP contribution in [0.3, 0.4) is 0 Å². The number of ether oxygens (including phenoxy) is 2. The summed E-state index contributed by atoms with van der Waals surface area (Å²) in [5.74, 6) is 0. The minimum absolute atomic E-state index is 0.0593. The summed E-state index contributed by atoms with van der Waals surface area (Å²) >= 11 is 0. The van der Waals surface area contributed by atoms with Gasteiger partial charge in [-0.1, -0.05) is 13.8 Å². The zero-order valence-corrected chi connectivity index (χ0v) is 9.72. The van der Waals surface area contributed by atoms with Crippen LogP contribution < -0.4 is 0 Å². The normalized spacial score (nSPS) is 14.5. The molecule has 0 radical (unpaired) electrons. The molecule has 0 saturated heterocycles. The summed E-state index contributed by atoms with van der Waals surface area (Å²) in [5, 5.41) is 0. The second kappa shape index (κ2) is 6.39. The first-order valence-electron chi connectivity index (χ1n) is 5.25. The van der Waals surface area contributed by atoms with Crippen molar-refractivity contribution in [2.75, 3.05) is 13.2 Å². The van der Waals surface area contributed by atoms with Crippen LogP contribution in [0.2, 0.25) is 0 Å². The molecule has 0 N–H and O–H groups in total. The second-order valence-corrected chi connectivity index (χ2v) is 4.34. The van der Waals surface area contributed by atoms with Crippen molar-refractivity contribution >= 4 is 0 Å². The Balaban J connectivity index is 3.63. The van der Waals surface area contributed by atoms with E-state index in [1.807, 2.05) is 0 Å². The molecule has 0 aromatic rings. The maximum atomic E-state index is 5.81. The second-order valence-electron chi connectivity index (χ2n) is 4.34. The molecule has 0 aliphatic heterocycles. The third-order valence-corrected chi connectivity index (χ3v) is 1.63. The van der Waals surface area contributed by atoms with Gasteiger partial charge in [0.15, 0.2) is 0 Å². The maximum Gasteiger partial charge on any atom is 0.0813 e. The predicted molar refractivity (Wildman–Crippen MR) is 56.0 cm³/mol. The molecule has 0 aromatic heterocycles. The number of rotatable bonds is 6. The van der Waals surface area contributed by atoms with E-state index in [0.29, 0.717) is 0 Å². The van der Waals surface area contributed by atoms with Crippen molar-refractivity contribution in [3.05, 3.63) is 0 Å². The average molecular weight is 188 g/mol. The van der Waals surface area contributed by atoms with Gasteiger partial charge in [0, 0.05) is 6.61 Å². The first kappa shape index (κ1) is 12.9. The minimum atomic E-state index is -0.0593. The lowest BCUT2D eigenvalue weighted by Gasteiger charge is -2.26. The van der Waals surface area contributed by atoms with Crippen LogP contribution in [0.5, 0.6) is 0 Å². The summed E-state index contributed by atoms with van der Waals surface area (Å²) in [6, 6.07) is 0. The molecule has 0 rings (SSSR count). The zero-order chi connectivity index (χ0) is 10.3. The first-order valence-corrected chi connectivity index (χ1v) is 5.25. The minimum Gasteiger partial charge on any atom is -0.379 e. The fourth-order valence-corrected chi connectivity index (χ4v) is 1.09. The van der Waals surface area contributed by atoms with Gasteiger partial charge in [0.05, 0.1) is 18.3 Å². The van der Waals surface area contributed by atoms with Crippen LogP contribution in [0.25, 0.3) is 0 Å². The van der Waals surface area contributed by atoms with E-state index in [0.717, 1.165) is 26.1 Å². The molecule has 0 aliphatic carbocycles. The third kappa shape index (κ3) is 8.26. The SMILES string of the molecule is CCCOCC(CC)OC(C)(C)C. The molecule has 0 aromatic carbocycles. The molecule has 0 saturated carbocycles. The highest BCUT2D eigenvalue weighted by Gasteiger charge is 2.17. The van der Waals surface area contributed by atoms with Gasteiger partial charge in [-0.05, 0) is 33.6 Å². The van der Waals surface area contributed by atoms with Crippen LogP contribution >= 0.6 is 0 Å². The largest absolute Gasteiger partial charge is 0.379 e. The van der Waals surface area contributed by atoms with Gasteiger partial charge >= 0.3 is 0 Å². The first-order chi connectivity index (χ1) is 5.99. The highest BCUT2D eigenvalue weighted by Crippen LogP contribution is 2.13. The molecule has 0 amide bonds. The summed E-state index contributed by atoms with van der Waals surface area (Å²) < 4.78 is 11.3. The molecule has 1 atom stereocenters. The smallest absolute Gasteiger partial charge is 0.0813 e. The van der Waals surface area contributed by atoms with Gasteiger partial charge in [-0.3, -0.25) is 0 Å². The van der Waals surface area contributed by atoms with E-state index in [9.17, 15) is 0 Å². The molecular weight excluding hydrogens is 164 g/mol. The van der Waals surface area contributed by atoms with Crippen LogP contribution in [-0.2, 0) is 9.47 Å². The molecule has 1 unspecified atom stereocenters. The van der Waals surface area contributed by atoms with E-state index >= 15 is 0 Å². The predicted octanol–water partition coefficient (Wildman–Crippen LogP) is 3.01. The van der Waals surface area contributed by atoms with E-state index in [1.165, 1.54) is 0 Å². The topological polar surface area (TPSA) is 18.5 Å². The Labute approximate surface area is 82.6 Å². The number of hydrogen-bond donors (Lipinski definition) is 0. The van der Waals surface area contributed by atoms with Crippen LogP contribution in [0, 0.1) is 0 Å².